The van der Waals surface area contributed by atoms with Gasteiger partial charge >= 0.3 is 0 Å². The lowest BCUT2D eigenvalue weighted by Crippen LogP contribution is -2.18. The average Bonchev–Trinajstić information content (AvgIpc) is 3.28. The number of thiocarbonyl (C=S) groups is 2. The molecular weight excluding hydrogens is 489 g/mol. The summed E-state index contributed by atoms with van der Waals surface area (Å²) in [6.45, 7) is 0. The van der Waals surface area contributed by atoms with Gasteiger partial charge < -0.3 is 20.8 Å². The van der Waals surface area contributed by atoms with E-state index in [1.54, 1.807) is 42.5 Å². The van der Waals surface area contributed by atoms with Gasteiger partial charge in [0.05, 0.1) is 10.7 Å². The molecule has 168 valence electrons. The number of amides is 2. The highest BCUT2D eigenvalue weighted by molar-refractivity contribution is 8.26. The minimum atomic E-state index is -0.168. The van der Waals surface area contributed by atoms with Crippen molar-refractivity contribution in [3.63, 3.8) is 0 Å². The van der Waals surface area contributed by atoms with Crippen molar-refractivity contribution in [1.82, 2.24) is 10.6 Å². The van der Waals surface area contributed by atoms with E-state index in [9.17, 15) is 14.4 Å². The van der Waals surface area contributed by atoms with Crippen LogP contribution in [-0.2, 0) is 9.59 Å². The summed E-state index contributed by atoms with van der Waals surface area (Å²) >= 11 is 12.1. The first-order valence-corrected chi connectivity index (χ1v) is 11.1. The van der Waals surface area contributed by atoms with Crippen molar-refractivity contribution in [1.29, 1.82) is 0 Å². The molecule has 0 saturated carbocycles. The Labute approximate surface area is 204 Å². The predicted octanol–water partition coefficient (Wildman–Crippen LogP) is 3.86. The fourth-order valence-electron chi connectivity index (χ4n) is 2.01. The number of aromatic hydroxyl groups is 2. The van der Waals surface area contributed by atoms with Crippen LogP contribution in [0.5, 0.6) is 11.5 Å². The molecule has 0 aliphatic carbocycles. The summed E-state index contributed by atoms with van der Waals surface area (Å²) < 4.78 is 1.08. The number of rotatable bonds is 2. The highest BCUT2D eigenvalue weighted by Gasteiger charge is 2.21. The number of benzene rings is 2. The molecule has 2 aromatic carbocycles. The number of phenolic OH excluding ortho intramolecular Hbond substituents is 2. The van der Waals surface area contributed by atoms with Crippen LogP contribution in [0.2, 0.25) is 0 Å². The third kappa shape index (κ3) is 9.60. The van der Waals surface area contributed by atoms with E-state index < -0.39 is 0 Å². The number of carbonyl (C=O) groups is 3. The monoisotopic (exact) mass is 508 g/mol. The summed E-state index contributed by atoms with van der Waals surface area (Å²) in [4.78, 5) is 32.2. The molecule has 2 fully saturated rings. The predicted molar refractivity (Wildman–Crippen MR) is 138 cm³/mol. The summed E-state index contributed by atoms with van der Waals surface area (Å²) in [6, 6.07) is 12.7. The molecule has 0 spiro atoms. The van der Waals surface area contributed by atoms with Crippen molar-refractivity contribution < 1.29 is 24.6 Å². The number of hydrogen-bond acceptors (Lipinski definition) is 9. The van der Waals surface area contributed by atoms with Gasteiger partial charge in [0.15, 0.2) is 0 Å². The van der Waals surface area contributed by atoms with Crippen molar-refractivity contribution >= 4 is 80.8 Å². The molecule has 2 aliphatic heterocycles. The molecule has 4 N–H and O–H groups in total. The molecule has 0 atom stereocenters. The van der Waals surface area contributed by atoms with Gasteiger partial charge in [0.25, 0.3) is 5.91 Å². The molecule has 0 unspecified atom stereocenters. The highest BCUT2D eigenvalue weighted by Crippen LogP contribution is 2.26. The molecule has 2 aromatic rings. The van der Waals surface area contributed by atoms with Crippen molar-refractivity contribution in [3.05, 3.63) is 64.6 Å². The lowest BCUT2D eigenvalue weighted by molar-refractivity contribution is -0.117. The van der Waals surface area contributed by atoms with Crippen molar-refractivity contribution in [2.45, 2.75) is 7.43 Å². The van der Waals surface area contributed by atoms with Crippen LogP contribution in [0.3, 0.4) is 0 Å². The molecule has 0 bridgehead atoms. The third-order valence-corrected chi connectivity index (χ3v) is 5.83. The van der Waals surface area contributed by atoms with E-state index in [1.807, 2.05) is 0 Å². The van der Waals surface area contributed by atoms with Crippen LogP contribution in [0.1, 0.15) is 23.3 Å². The number of thioether (sulfide) groups is 2. The lowest BCUT2D eigenvalue weighted by Gasteiger charge is -1.95. The molecule has 7 nitrogen and oxygen atoms in total. The molecule has 2 amide bonds. The van der Waals surface area contributed by atoms with Crippen molar-refractivity contribution in [2.24, 2.45) is 0 Å². The van der Waals surface area contributed by atoms with Crippen molar-refractivity contribution in [2.75, 3.05) is 5.75 Å². The van der Waals surface area contributed by atoms with E-state index in [2.05, 4.69) is 22.9 Å². The quantitative estimate of drug-likeness (QED) is 0.273. The van der Waals surface area contributed by atoms with E-state index in [4.69, 9.17) is 22.4 Å². The lowest BCUT2D eigenvalue weighted by atomic mass is 10.2. The second-order valence-electron chi connectivity index (χ2n) is 5.78. The van der Waals surface area contributed by atoms with E-state index >= 15 is 0 Å². The molecule has 2 saturated heterocycles. The zero-order valence-corrected chi connectivity index (χ0v) is 19.0. The Morgan fingerprint density at radius 2 is 1.38 bits per heavy atom. The highest BCUT2D eigenvalue weighted by atomic mass is 32.2. The summed E-state index contributed by atoms with van der Waals surface area (Å²) in [5, 5.41) is 22.8. The zero-order chi connectivity index (χ0) is 22.8. The number of carbonyl (C=O) groups excluding carboxylic acids is 3. The smallest absolute Gasteiger partial charge is 0.263 e. The van der Waals surface area contributed by atoms with Gasteiger partial charge in [-0.15, -0.1) is 0 Å². The van der Waals surface area contributed by atoms with Gasteiger partial charge in [-0.1, -0.05) is 67.5 Å². The fraction of sp³-hybridized carbons (Fsp3) is 0.0952. The van der Waals surface area contributed by atoms with Gasteiger partial charge in [-0.25, -0.2) is 0 Å². The first-order valence-electron chi connectivity index (χ1n) is 8.51. The number of aldehydes is 1. The minimum Gasteiger partial charge on any atom is -0.508 e. The molecule has 2 heterocycles. The second-order valence-corrected chi connectivity index (χ2v) is 9.15. The Morgan fingerprint density at radius 3 is 1.72 bits per heavy atom. The molecule has 11 heteroatoms. The van der Waals surface area contributed by atoms with E-state index in [-0.39, 0.29) is 30.7 Å². The van der Waals surface area contributed by atoms with E-state index in [0.29, 0.717) is 24.9 Å². The number of phenols is 2. The normalized spacial score (nSPS) is 15.4. The molecule has 4 rings (SSSR count). The van der Waals surface area contributed by atoms with Crippen LogP contribution in [0.25, 0.3) is 6.08 Å². The Balaban J connectivity index is 0.000000258. The minimum absolute atomic E-state index is 0. The number of hydrogen-bond donors (Lipinski definition) is 4. The van der Waals surface area contributed by atoms with Gasteiger partial charge in [-0.05, 0) is 48.0 Å². The Hall–Kier alpha value is -2.73. The van der Waals surface area contributed by atoms with Gasteiger partial charge in [-0.3, -0.25) is 14.4 Å². The van der Waals surface area contributed by atoms with Crippen LogP contribution >= 0.6 is 48.0 Å². The van der Waals surface area contributed by atoms with Gasteiger partial charge in [0.1, 0.15) is 26.4 Å². The fourth-order valence-corrected chi connectivity index (χ4v) is 3.87. The summed E-state index contributed by atoms with van der Waals surface area (Å²) in [5.41, 5.74) is 1.43. The molecule has 0 radical (unpaired) electrons. The van der Waals surface area contributed by atoms with E-state index in [1.165, 1.54) is 35.7 Å². The first-order chi connectivity index (χ1) is 14.8. The van der Waals surface area contributed by atoms with Gasteiger partial charge in [0, 0.05) is 5.56 Å². The molecule has 2 aliphatic rings. The van der Waals surface area contributed by atoms with Crippen molar-refractivity contribution in [3.8, 4) is 11.5 Å². The molecule has 32 heavy (non-hydrogen) atoms. The molecular formula is C21H20N2O5S4. The topological polar surface area (TPSA) is 116 Å². The van der Waals surface area contributed by atoms with Crippen LogP contribution in [0.4, 0.5) is 0 Å². The standard InChI is InChI=1S/C10H7NO2S2.C7H6O2.C3H3NOS2.CH4/c12-7-3-1-6(2-4-7)5-8-9(13)11-10(14)15-8;8-5-6-1-3-7(9)4-2-6;5-2-1-7-3(6)4-2;/h1-5,12H,(H,11,13,14);1-5,9H;1H2,(H,4,5,6);1H4/b8-5-;;;. The summed E-state index contributed by atoms with van der Waals surface area (Å²) in [6.07, 6.45) is 2.47. The maximum absolute atomic E-state index is 11.3. The van der Waals surface area contributed by atoms with Gasteiger partial charge in [0.2, 0.25) is 5.91 Å². The Bertz CT molecular complexity index is 1010. The first kappa shape index (κ1) is 27.3. The van der Waals surface area contributed by atoms with Crippen LogP contribution < -0.4 is 10.6 Å². The Kier molecular flexibility index (Phi) is 11.6. The molecule has 0 aromatic heterocycles. The summed E-state index contributed by atoms with van der Waals surface area (Å²) in [7, 11) is 0. The second kappa shape index (κ2) is 13.6. The Morgan fingerprint density at radius 1 is 0.844 bits per heavy atom. The SMILES string of the molecule is C.O=C1CSC(=S)N1.O=C1NC(=S)S/C1=C\c1ccc(O)cc1.O=Cc1ccc(O)cc1. The summed E-state index contributed by atoms with van der Waals surface area (Å²) in [5.74, 6) is 0.739. The van der Waals surface area contributed by atoms with Crippen LogP contribution in [-0.4, -0.2) is 42.7 Å². The average molecular weight is 509 g/mol. The zero-order valence-electron chi connectivity index (χ0n) is 15.7. The van der Waals surface area contributed by atoms with E-state index in [0.717, 1.165) is 11.8 Å². The maximum atomic E-state index is 11.3. The third-order valence-electron chi connectivity index (χ3n) is 3.44. The maximum Gasteiger partial charge on any atom is 0.263 e. The largest absolute Gasteiger partial charge is 0.508 e. The van der Waals surface area contributed by atoms with Crippen LogP contribution in [0.15, 0.2) is 53.4 Å². The van der Waals surface area contributed by atoms with Gasteiger partial charge in [-0.2, -0.15) is 0 Å². The number of nitrogens with one attached hydrogen (secondary N) is 2. The van der Waals surface area contributed by atoms with Crippen LogP contribution in [0, 0.1) is 0 Å².